The fraction of sp³-hybridized carbons (Fsp3) is 0.273. The number of H-pyrrole nitrogens is 1. The topological polar surface area (TPSA) is 33.6 Å². The molecule has 0 atom stereocenters. The van der Waals surface area contributed by atoms with Crippen LogP contribution in [0.1, 0.15) is 25.6 Å². The first-order valence-corrected chi connectivity index (χ1v) is 6.33. The van der Waals surface area contributed by atoms with Gasteiger partial charge in [-0.25, -0.2) is 4.39 Å². The van der Waals surface area contributed by atoms with Crippen LogP contribution in [0.2, 0.25) is 0 Å². The first-order valence-electron chi connectivity index (χ1n) is 5.13. The smallest absolute Gasteiger partial charge is 0.199 e. The van der Waals surface area contributed by atoms with E-state index >= 15 is 0 Å². The van der Waals surface area contributed by atoms with E-state index in [4.69, 9.17) is 12.2 Å². The zero-order valence-electron chi connectivity index (χ0n) is 9.37. The van der Waals surface area contributed by atoms with Crippen molar-refractivity contribution in [2.45, 2.75) is 19.8 Å². The van der Waals surface area contributed by atoms with Gasteiger partial charge in [-0.05, 0) is 46.3 Å². The minimum Gasteiger partial charge on any atom is -0.271 e. The first kappa shape index (κ1) is 12.4. The highest BCUT2D eigenvalue weighted by molar-refractivity contribution is 9.10. The molecule has 0 bridgehead atoms. The molecule has 3 nitrogen and oxygen atoms in total. The van der Waals surface area contributed by atoms with Crippen LogP contribution in [0.3, 0.4) is 0 Å². The third-order valence-corrected chi connectivity index (χ3v) is 3.31. The van der Waals surface area contributed by atoms with Gasteiger partial charge in [0.25, 0.3) is 0 Å². The highest BCUT2D eigenvalue weighted by Gasteiger charge is 2.14. The van der Waals surface area contributed by atoms with Crippen molar-refractivity contribution in [3.63, 3.8) is 0 Å². The van der Waals surface area contributed by atoms with Gasteiger partial charge in [-0.3, -0.25) is 9.67 Å². The van der Waals surface area contributed by atoms with Crippen LogP contribution in [0, 0.1) is 10.6 Å². The van der Waals surface area contributed by atoms with E-state index in [0.717, 1.165) is 10.3 Å². The minimum atomic E-state index is -0.305. The molecule has 2 rings (SSSR count). The number of aromatic amines is 1. The largest absolute Gasteiger partial charge is 0.271 e. The number of rotatable bonds is 2. The summed E-state index contributed by atoms with van der Waals surface area (Å²) in [5, 5.41) is 6.90. The van der Waals surface area contributed by atoms with Crippen LogP contribution in [0.5, 0.6) is 0 Å². The predicted molar refractivity (Wildman–Crippen MR) is 70.5 cm³/mol. The molecule has 0 saturated heterocycles. The van der Waals surface area contributed by atoms with E-state index in [1.54, 1.807) is 10.6 Å². The van der Waals surface area contributed by atoms with Crippen molar-refractivity contribution in [1.82, 2.24) is 14.8 Å². The van der Waals surface area contributed by atoms with Crippen molar-refractivity contribution < 1.29 is 4.39 Å². The monoisotopic (exact) mass is 315 g/mol. The summed E-state index contributed by atoms with van der Waals surface area (Å²) in [7, 11) is 0. The summed E-state index contributed by atoms with van der Waals surface area (Å²) in [5.41, 5.74) is 0.660. The average Bonchev–Trinajstić information content (AvgIpc) is 2.64. The van der Waals surface area contributed by atoms with Crippen LogP contribution in [-0.2, 0) is 0 Å². The molecule has 1 aromatic carbocycles. The number of aromatic nitrogens is 3. The first-order chi connectivity index (χ1) is 8.00. The molecular formula is C11H11BrFN3S. The molecule has 0 fully saturated rings. The quantitative estimate of drug-likeness (QED) is 0.851. The highest BCUT2D eigenvalue weighted by Crippen LogP contribution is 2.25. The Kier molecular flexibility index (Phi) is 3.44. The lowest BCUT2D eigenvalue weighted by atomic mass is 10.2. The van der Waals surface area contributed by atoms with Gasteiger partial charge in [-0.15, -0.1) is 0 Å². The van der Waals surface area contributed by atoms with Crippen molar-refractivity contribution >= 4 is 28.1 Å². The second-order valence-electron chi connectivity index (χ2n) is 3.97. The summed E-state index contributed by atoms with van der Waals surface area (Å²) in [6.07, 6.45) is 0. The molecule has 1 heterocycles. The summed E-state index contributed by atoms with van der Waals surface area (Å²) in [4.78, 5) is 0. The van der Waals surface area contributed by atoms with Crippen molar-refractivity contribution in [3.05, 3.63) is 39.1 Å². The summed E-state index contributed by atoms with van der Waals surface area (Å²) in [5.74, 6) is 0.667. The Bertz CT molecular complexity index is 603. The van der Waals surface area contributed by atoms with E-state index in [2.05, 4.69) is 26.1 Å². The molecule has 1 N–H and O–H groups in total. The lowest BCUT2D eigenvalue weighted by Crippen LogP contribution is -2.04. The maximum atomic E-state index is 13.3. The van der Waals surface area contributed by atoms with Crippen molar-refractivity contribution in [2.24, 2.45) is 0 Å². The number of nitrogens with one attached hydrogen (secondary N) is 1. The van der Waals surface area contributed by atoms with Crippen LogP contribution in [0.25, 0.3) is 5.69 Å². The number of benzene rings is 1. The molecule has 1 aromatic heterocycles. The fourth-order valence-corrected chi connectivity index (χ4v) is 2.25. The SMILES string of the molecule is CC(C)c1n[nH]c(=S)n1-c1cc(F)ccc1Br. The van der Waals surface area contributed by atoms with E-state index in [1.165, 1.54) is 12.1 Å². The van der Waals surface area contributed by atoms with Gasteiger partial charge in [-0.1, -0.05) is 13.8 Å². The van der Waals surface area contributed by atoms with Crippen molar-refractivity contribution in [1.29, 1.82) is 0 Å². The van der Waals surface area contributed by atoms with E-state index in [1.807, 2.05) is 13.8 Å². The molecule has 2 aromatic rings. The van der Waals surface area contributed by atoms with Gasteiger partial charge in [0.2, 0.25) is 0 Å². The third kappa shape index (κ3) is 2.32. The molecule has 0 aliphatic carbocycles. The Hall–Kier alpha value is -1.01. The Balaban J connectivity index is 2.72. The van der Waals surface area contributed by atoms with Gasteiger partial charge in [0.1, 0.15) is 11.6 Å². The normalized spacial score (nSPS) is 11.1. The molecule has 0 amide bonds. The van der Waals surface area contributed by atoms with E-state index in [0.29, 0.717) is 10.5 Å². The van der Waals surface area contributed by atoms with Crippen LogP contribution in [-0.4, -0.2) is 14.8 Å². The van der Waals surface area contributed by atoms with Crippen molar-refractivity contribution in [2.75, 3.05) is 0 Å². The Morgan fingerprint density at radius 2 is 2.18 bits per heavy atom. The standard InChI is InChI=1S/C11H11BrFN3S/c1-6(2)10-14-15-11(17)16(10)9-5-7(13)3-4-8(9)12/h3-6H,1-2H3,(H,15,17). The molecule has 17 heavy (non-hydrogen) atoms. The van der Waals surface area contributed by atoms with Crippen LogP contribution >= 0.6 is 28.1 Å². The summed E-state index contributed by atoms with van der Waals surface area (Å²) >= 11 is 8.57. The summed E-state index contributed by atoms with van der Waals surface area (Å²) in [6.45, 7) is 4.02. The highest BCUT2D eigenvalue weighted by atomic mass is 79.9. The molecule has 0 radical (unpaired) electrons. The molecule has 0 unspecified atom stereocenters. The summed E-state index contributed by atoms with van der Waals surface area (Å²) in [6, 6.07) is 4.48. The maximum Gasteiger partial charge on any atom is 0.199 e. The van der Waals surface area contributed by atoms with Gasteiger partial charge in [0, 0.05) is 10.4 Å². The molecule has 0 saturated carbocycles. The second kappa shape index (κ2) is 4.70. The molecular weight excluding hydrogens is 305 g/mol. The van der Waals surface area contributed by atoms with Gasteiger partial charge in [0.15, 0.2) is 4.77 Å². The van der Waals surface area contributed by atoms with Crippen LogP contribution in [0.4, 0.5) is 4.39 Å². The van der Waals surface area contributed by atoms with Gasteiger partial charge >= 0.3 is 0 Å². The third-order valence-electron chi connectivity index (χ3n) is 2.36. The maximum absolute atomic E-state index is 13.3. The van der Waals surface area contributed by atoms with Crippen LogP contribution in [0.15, 0.2) is 22.7 Å². The van der Waals surface area contributed by atoms with Crippen molar-refractivity contribution in [3.8, 4) is 5.69 Å². The minimum absolute atomic E-state index is 0.193. The van der Waals surface area contributed by atoms with Gasteiger partial charge in [-0.2, -0.15) is 5.10 Å². The molecule has 6 heteroatoms. The lowest BCUT2D eigenvalue weighted by molar-refractivity contribution is 0.625. The second-order valence-corrected chi connectivity index (χ2v) is 5.21. The zero-order chi connectivity index (χ0) is 12.6. The Morgan fingerprint density at radius 3 is 2.82 bits per heavy atom. The van der Waals surface area contributed by atoms with Gasteiger partial charge < -0.3 is 0 Å². The van der Waals surface area contributed by atoms with Gasteiger partial charge in [0.05, 0.1) is 5.69 Å². The van der Waals surface area contributed by atoms with E-state index in [9.17, 15) is 4.39 Å². The van der Waals surface area contributed by atoms with Crippen LogP contribution < -0.4 is 0 Å². The Morgan fingerprint density at radius 1 is 1.47 bits per heavy atom. The number of hydrogen-bond acceptors (Lipinski definition) is 2. The number of nitrogens with zero attached hydrogens (tertiary/aromatic N) is 2. The summed E-state index contributed by atoms with van der Waals surface area (Å²) < 4.78 is 16.3. The van der Waals surface area contributed by atoms with E-state index in [-0.39, 0.29) is 11.7 Å². The number of halogens is 2. The Labute approximate surface area is 112 Å². The molecule has 0 aliphatic rings. The number of hydrogen-bond donors (Lipinski definition) is 1. The van der Waals surface area contributed by atoms with E-state index < -0.39 is 0 Å². The molecule has 0 spiro atoms. The lowest BCUT2D eigenvalue weighted by Gasteiger charge is -2.10. The molecule has 0 aliphatic heterocycles. The fourth-order valence-electron chi connectivity index (χ4n) is 1.59. The molecule has 90 valence electrons. The predicted octanol–water partition coefficient (Wildman–Crippen LogP) is 3.95. The zero-order valence-corrected chi connectivity index (χ0v) is 11.8. The average molecular weight is 316 g/mol.